The summed E-state index contributed by atoms with van der Waals surface area (Å²) in [5.41, 5.74) is 6.06. The maximum atomic E-state index is 11.9. The number of rotatable bonds is 4. The minimum Gasteiger partial charge on any atom is -0.481 e. The van der Waals surface area contributed by atoms with Crippen molar-refractivity contribution in [3.63, 3.8) is 0 Å². The highest BCUT2D eigenvalue weighted by atomic mass is 16.5. The first-order valence-corrected chi connectivity index (χ1v) is 6.12. The van der Waals surface area contributed by atoms with Crippen molar-refractivity contribution in [3.8, 4) is 17.6 Å². The molecule has 1 aliphatic carbocycles. The molecule has 1 aromatic carbocycles. The van der Waals surface area contributed by atoms with Gasteiger partial charge in [-0.1, -0.05) is 18.1 Å². The van der Waals surface area contributed by atoms with Crippen LogP contribution < -0.4 is 10.5 Å². The van der Waals surface area contributed by atoms with Crippen molar-refractivity contribution in [2.45, 2.75) is 24.8 Å². The second-order valence-electron chi connectivity index (χ2n) is 4.52. The van der Waals surface area contributed by atoms with Crippen LogP contribution in [0, 0.1) is 11.8 Å². The van der Waals surface area contributed by atoms with Gasteiger partial charge >= 0.3 is 5.97 Å². The predicted octanol–water partition coefficient (Wildman–Crippen LogP) is 1.23. The maximum Gasteiger partial charge on any atom is 0.317 e. The van der Waals surface area contributed by atoms with E-state index in [4.69, 9.17) is 15.2 Å². The van der Waals surface area contributed by atoms with Gasteiger partial charge in [0, 0.05) is 6.04 Å². The molecule has 4 nitrogen and oxygen atoms in total. The lowest BCUT2D eigenvalue weighted by atomic mass is 9.95. The molecule has 2 N–H and O–H groups in total. The Bertz CT molecular complexity index is 544. The quantitative estimate of drug-likeness (QED) is 0.652. The van der Waals surface area contributed by atoms with Crippen molar-refractivity contribution >= 4 is 5.97 Å². The minimum atomic E-state index is -0.704. The van der Waals surface area contributed by atoms with Crippen LogP contribution in [0.15, 0.2) is 24.3 Å². The Morgan fingerprint density at radius 3 is 2.89 bits per heavy atom. The van der Waals surface area contributed by atoms with Gasteiger partial charge in [-0.3, -0.25) is 4.79 Å². The van der Waals surface area contributed by atoms with Gasteiger partial charge in [0.15, 0.2) is 0 Å². The van der Waals surface area contributed by atoms with Crippen LogP contribution >= 0.6 is 0 Å². The van der Waals surface area contributed by atoms with Crippen LogP contribution in [0.1, 0.15) is 18.9 Å². The number of methoxy groups -OCH3 is 1. The van der Waals surface area contributed by atoms with Crippen molar-refractivity contribution in [2.24, 2.45) is 5.73 Å². The van der Waals surface area contributed by atoms with Gasteiger partial charge in [0.1, 0.15) is 17.8 Å². The van der Waals surface area contributed by atoms with Gasteiger partial charge in [-0.15, -0.1) is 5.92 Å². The lowest BCUT2D eigenvalue weighted by molar-refractivity contribution is -0.143. The van der Waals surface area contributed by atoms with Crippen molar-refractivity contribution < 1.29 is 14.3 Å². The maximum absolute atomic E-state index is 11.9. The van der Waals surface area contributed by atoms with E-state index < -0.39 is 5.41 Å². The first-order valence-electron chi connectivity index (χ1n) is 6.12. The summed E-state index contributed by atoms with van der Waals surface area (Å²) in [6.45, 7) is 2.09. The SMILES string of the molecule is CC#CCOc1cccc([C@@]2(C(=O)OC)C[C@H]2N)c1. The molecule has 2 rings (SSSR count). The Hall–Kier alpha value is -1.99. The fourth-order valence-corrected chi connectivity index (χ4v) is 2.21. The highest BCUT2D eigenvalue weighted by Crippen LogP contribution is 2.48. The fraction of sp³-hybridized carbons (Fsp3) is 0.400. The predicted molar refractivity (Wildman–Crippen MR) is 71.7 cm³/mol. The second-order valence-corrected chi connectivity index (χ2v) is 4.52. The molecule has 19 heavy (non-hydrogen) atoms. The average Bonchev–Trinajstić information content (AvgIpc) is 3.11. The number of hydrogen-bond donors (Lipinski definition) is 1. The molecule has 0 spiro atoms. The zero-order valence-corrected chi connectivity index (χ0v) is 11.1. The lowest BCUT2D eigenvalue weighted by Gasteiger charge is -2.15. The second kappa shape index (κ2) is 5.33. The summed E-state index contributed by atoms with van der Waals surface area (Å²) in [4.78, 5) is 11.9. The monoisotopic (exact) mass is 259 g/mol. The highest BCUT2D eigenvalue weighted by molar-refractivity contribution is 5.88. The van der Waals surface area contributed by atoms with E-state index in [1.165, 1.54) is 7.11 Å². The summed E-state index contributed by atoms with van der Waals surface area (Å²) in [6.07, 6.45) is 0.609. The topological polar surface area (TPSA) is 61.5 Å². The number of ether oxygens (including phenoxy) is 2. The van der Waals surface area contributed by atoms with Gasteiger partial charge < -0.3 is 15.2 Å². The van der Waals surface area contributed by atoms with Gasteiger partial charge in [0.25, 0.3) is 0 Å². The molecule has 100 valence electrons. The number of benzene rings is 1. The smallest absolute Gasteiger partial charge is 0.317 e. The van der Waals surface area contributed by atoms with Crippen molar-refractivity contribution in [1.82, 2.24) is 0 Å². The third kappa shape index (κ3) is 2.42. The normalized spacial score (nSPS) is 24.1. The van der Waals surface area contributed by atoms with E-state index in [1.807, 2.05) is 24.3 Å². The van der Waals surface area contributed by atoms with E-state index in [0.717, 1.165) is 5.56 Å². The summed E-state index contributed by atoms with van der Waals surface area (Å²) in [6, 6.07) is 7.20. The number of nitrogens with two attached hydrogens (primary N) is 1. The Morgan fingerprint density at radius 2 is 2.32 bits per heavy atom. The summed E-state index contributed by atoms with van der Waals surface area (Å²) in [5, 5.41) is 0. The summed E-state index contributed by atoms with van der Waals surface area (Å²) in [7, 11) is 1.38. The van der Waals surface area contributed by atoms with E-state index >= 15 is 0 Å². The Kier molecular flexibility index (Phi) is 3.77. The van der Waals surface area contributed by atoms with Gasteiger partial charge in [0.05, 0.1) is 7.11 Å². The van der Waals surface area contributed by atoms with Crippen LogP contribution in [-0.2, 0) is 14.9 Å². The van der Waals surface area contributed by atoms with E-state index in [0.29, 0.717) is 18.8 Å². The third-order valence-corrected chi connectivity index (χ3v) is 3.40. The van der Waals surface area contributed by atoms with Crippen molar-refractivity contribution in [1.29, 1.82) is 0 Å². The van der Waals surface area contributed by atoms with Crippen LogP contribution in [0.4, 0.5) is 0 Å². The van der Waals surface area contributed by atoms with Crippen LogP contribution in [0.2, 0.25) is 0 Å². The third-order valence-electron chi connectivity index (χ3n) is 3.40. The van der Waals surface area contributed by atoms with E-state index in [1.54, 1.807) is 6.92 Å². The Morgan fingerprint density at radius 1 is 1.58 bits per heavy atom. The number of carbonyl (C=O) groups is 1. The van der Waals surface area contributed by atoms with Gasteiger partial charge in [-0.05, 0) is 31.0 Å². The first-order chi connectivity index (χ1) is 9.15. The van der Waals surface area contributed by atoms with Crippen molar-refractivity contribution in [2.75, 3.05) is 13.7 Å². The minimum absolute atomic E-state index is 0.189. The van der Waals surface area contributed by atoms with Gasteiger partial charge in [-0.25, -0.2) is 0 Å². The Labute approximate surface area is 112 Å². The molecule has 0 unspecified atom stereocenters. The fourth-order valence-electron chi connectivity index (χ4n) is 2.21. The van der Waals surface area contributed by atoms with Gasteiger partial charge in [0.2, 0.25) is 0 Å². The average molecular weight is 259 g/mol. The molecule has 1 saturated carbocycles. The molecule has 0 bridgehead atoms. The van der Waals surface area contributed by atoms with Crippen molar-refractivity contribution in [3.05, 3.63) is 29.8 Å². The molecule has 1 aromatic rings. The van der Waals surface area contributed by atoms with Gasteiger partial charge in [-0.2, -0.15) is 0 Å². The molecule has 0 saturated heterocycles. The van der Waals surface area contributed by atoms with Crippen LogP contribution in [0.3, 0.4) is 0 Å². The highest BCUT2D eigenvalue weighted by Gasteiger charge is 2.60. The van der Waals surface area contributed by atoms with E-state index in [2.05, 4.69) is 11.8 Å². The van der Waals surface area contributed by atoms with Crippen LogP contribution in [0.25, 0.3) is 0 Å². The molecule has 0 aromatic heterocycles. The molecule has 4 heteroatoms. The standard InChI is InChI=1S/C15H17NO3/c1-3-4-8-19-12-7-5-6-11(9-12)15(10-13(15)16)14(17)18-2/h5-7,9,13H,8,10,16H2,1-2H3/t13-,15+/m1/s1. The zero-order valence-electron chi connectivity index (χ0n) is 11.1. The lowest BCUT2D eigenvalue weighted by Crippen LogP contribution is -2.29. The molecular formula is C15H17NO3. The molecule has 0 aliphatic heterocycles. The number of hydrogen-bond acceptors (Lipinski definition) is 4. The van der Waals surface area contributed by atoms with Crippen LogP contribution in [-0.4, -0.2) is 25.7 Å². The summed E-state index contributed by atoms with van der Waals surface area (Å²) >= 11 is 0. The van der Waals surface area contributed by atoms with Crippen LogP contribution in [0.5, 0.6) is 5.75 Å². The zero-order chi connectivity index (χ0) is 13.9. The number of esters is 1. The summed E-state index contributed by atoms with van der Waals surface area (Å²) < 4.78 is 10.4. The van der Waals surface area contributed by atoms with E-state index in [9.17, 15) is 4.79 Å². The molecule has 1 aliphatic rings. The molecule has 0 heterocycles. The molecule has 1 fully saturated rings. The summed E-state index contributed by atoms with van der Waals surface area (Å²) in [5.74, 6) is 5.98. The molecule has 2 atom stereocenters. The first kappa shape index (κ1) is 13.4. The largest absolute Gasteiger partial charge is 0.481 e. The molecular weight excluding hydrogens is 242 g/mol. The molecule has 0 radical (unpaired) electrons. The Balaban J connectivity index is 2.22. The van der Waals surface area contributed by atoms with E-state index in [-0.39, 0.29) is 12.0 Å². The molecule has 0 amide bonds. The number of carbonyl (C=O) groups excluding carboxylic acids is 1.